The molecule has 0 saturated carbocycles. The van der Waals surface area contributed by atoms with Crippen LogP contribution in [0.3, 0.4) is 0 Å². The van der Waals surface area contributed by atoms with Gasteiger partial charge in [0.15, 0.2) is 0 Å². The van der Waals surface area contributed by atoms with Gasteiger partial charge in [-0.1, -0.05) is 51.1 Å². The largest absolute Gasteiger partial charge is 0.497 e. The normalized spacial score (nSPS) is 12.7. The van der Waals surface area contributed by atoms with Gasteiger partial charge >= 0.3 is 0 Å². The molecule has 1 amide bonds. The number of hydrogen-bond donors (Lipinski definition) is 2. The van der Waals surface area contributed by atoms with E-state index in [0.29, 0.717) is 13.0 Å². The highest BCUT2D eigenvalue weighted by atomic mass is 16.5. The molecule has 0 spiro atoms. The number of nitrogens with one attached hydrogen (secondary N) is 2. The minimum atomic E-state index is -0.0273. The summed E-state index contributed by atoms with van der Waals surface area (Å²) in [7, 11) is 1.67. The second-order valence-corrected chi connectivity index (χ2v) is 8.16. The minimum Gasteiger partial charge on any atom is -0.497 e. The van der Waals surface area contributed by atoms with Gasteiger partial charge in [-0.25, -0.2) is 0 Å². The first kappa shape index (κ1) is 19.0. The lowest BCUT2D eigenvalue weighted by molar-refractivity contribution is -0.122. The van der Waals surface area contributed by atoms with Crippen molar-refractivity contribution in [3.8, 4) is 5.75 Å². The Hall–Kier alpha value is -2.75. The molecule has 0 radical (unpaired) electrons. The second kappa shape index (κ2) is 7.87. The smallest absolute Gasteiger partial charge is 0.220 e. The highest BCUT2D eigenvalue weighted by Crippen LogP contribution is 2.31. The number of rotatable bonds is 6. The van der Waals surface area contributed by atoms with Crippen molar-refractivity contribution in [3.05, 3.63) is 65.9 Å². The van der Waals surface area contributed by atoms with E-state index in [1.807, 2.05) is 24.3 Å². The van der Waals surface area contributed by atoms with Crippen molar-refractivity contribution in [2.45, 2.75) is 33.1 Å². The Morgan fingerprint density at radius 1 is 1.11 bits per heavy atom. The van der Waals surface area contributed by atoms with Crippen LogP contribution in [0.15, 0.2) is 54.7 Å². The van der Waals surface area contributed by atoms with Gasteiger partial charge in [-0.15, -0.1) is 0 Å². The summed E-state index contributed by atoms with van der Waals surface area (Å²) in [6, 6.07) is 16.3. The van der Waals surface area contributed by atoms with Crippen molar-refractivity contribution >= 4 is 16.8 Å². The lowest BCUT2D eigenvalue weighted by Gasteiger charge is -2.21. The van der Waals surface area contributed by atoms with Crippen LogP contribution < -0.4 is 10.1 Å². The molecule has 2 N–H and O–H groups in total. The molecule has 0 unspecified atom stereocenters. The number of fused-ring (bicyclic) bond motifs is 1. The zero-order valence-corrected chi connectivity index (χ0v) is 16.5. The zero-order chi connectivity index (χ0) is 19.4. The van der Waals surface area contributed by atoms with E-state index in [1.54, 1.807) is 7.11 Å². The fraction of sp³-hybridized carbons (Fsp3) is 0.348. The van der Waals surface area contributed by atoms with Crippen LogP contribution in [0.25, 0.3) is 10.9 Å². The van der Waals surface area contributed by atoms with Gasteiger partial charge in [0.1, 0.15) is 5.75 Å². The van der Waals surface area contributed by atoms with Gasteiger partial charge < -0.3 is 15.0 Å². The lowest BCUT2D eigenvalue weighted by Crippen LogP contribution is -2.31. The maximum absolute atomic E-state index is 12.4. The van der Waals surface area contributed by atoms with Gasteiger partial charge in [0.05, 0.1) is 7.11 Å². The fourth-order valence-electron chi connectivity index (χ4n) is 3.39. The predicted molar refractivity (Wildman–Crippen MR) is 110 cm³/mol. The summed E-state index contributed by atoms with van der Waals surface area (Å²) in [5, 5.41) is 4.32. The number of methoxy groups -OCH3 is 1. The number of carbonyl (C=O) groups is 1. The van der Waals surface area contributed by atoms with Gasteiger partial charge in [-0.2, -0.15) is 0 Å². The summed E-state index contributed by atoms with van der Waals surface area (Å²) in [6.45, 7) is 6.79. The van der Waals surface area contributed by atoms with Crippen LogP contribution in [0.2, 0.25) is 0 Å². The van der Waals surface area contributed by atoms with E-state index < -0.39 is 0 Å². The Morgan fingerprint density at radius 2 is 1.81 bits per heavy atom. The molecule has 27 heavy (non-hydrogen) atoms. The molecule has 4 nitrogen and oxygen atoms in total. The van der Waals surface area contributed by atoms with E-state index in [1.165, 1.54) is 10.9 Å². The van der Waals surface area contributed by atoms with E-state index in [2.05, 4.69) is 61.5 Å². The van der Waals surface area contributed by atoms with Gasteiger partial charge in [0.25, 0.3) is 0 Å². The van der Waals surface area contributed by atoms with Crippen LogP contribution in [0.5, 0.6) is 5.75 Å². The Balaban J connectivity index is 1.90. The predicted octanol–water partition coefficient (Wildman–Crippen LogP) is 4.86. The third-order valence-corrected chi connectivity index (χ3v) is 4.71. The van der Waals surface area contributed by atoms with Gasteiger partial charge in [0.2, 0.25) is 5.91 Å². The van der Waals surface area contributed by atoms with E-state index in [4.69, 9.17) is 4.74 Å². The van der Waals surface area contributed by atoms with Crippen molar-refractivity contribution in [2.24, 2.45) is 5.41 Å². The standard InChI is InChI=1S/C23H28N2O2/c1-23(2,3)13-22(26)25-14-19(16-9-11-17(27-4)12-10-16)20-15-24-21-8-6-5-7-18(20)21/h5-12,15,19,24H,13-14H2,1-4H3,(H,25,26)/t19-/m1/s1. The molecule has 0 aliphatic heterocycles. The van der Waals surface area contributed by atoms with Crippen molar-refractivity contribution in [2.75, 3.05) is 13.7 Å². The topological polar surface area (TPSA) is 54.1 Å². The number of amides is 1. The molecule has 2 aromatic carbocycles. The molecule has 142 valence electrons. The number of benzene rings is 2. The molecule has 0 fully saturated rings. The van der Waals surface area contributed by atoms with Crippen LogP contribution in [0.1, 0.15) is 44.2 Å². The van der Waals surface area contributed by atoms with Gasteiger partial charge in [-0.05, 0) is 34.7 Å². The molecule has 0 aliphatic rings. The van der Waals surface area contributed by atoms with E-state index in [-0.39, 0.29) is 17.2 Å². The lowest BCUT2D eigenvalue weighted by atomic mass is 9.89. The number of H-pyrrole nitrogens is 1. The van der Waals surface area contributed by atoms with E-state index >= 15 is 0 Å². The summed E-state index contributed by atoms with van der Waals surface area (Å²) in [5.41, 5.74) is 3.41. The highest BCUT2D eigenvalue weighted by molar-refractivity contribution is 5.84. The van der Waals surface area contributed by atoms with Crippen molar-refractivity contribution in [1.29, 1.82) is 0 Å². The number of aromatic nitrogens is 1. The van der Waals surface area contributed by atoms with Crippen LogP contribution in [0.4, 0.5) is 0 Å². The number of hydrogen-bond acceptors (Lipinski definition) is 2. The minimum absolute atomic E-state index is 0.0273. The summed E-state index contributed by atoms with van der Waals surface area (Å²) >= 11 is 0. The quantitative estimate of drug-likeness (QED) is 0.656. The third kappa shape index (κ3) is 4.70. The summed E-state index contributed by atoms with van der Waals surface area (Å²) in [5.74, 6) is 0.977. The molecule has 3 rings (SSSR count). The molecule has 0 saturated heterocycles. The van der Waals surface area contributed by atoms with E-state index in [0.717, 1.165) is 16.8 Å². The third-order valence-electron chi connectivity index (χ3n) is 4.71. The first-order chi connectivity index (χ1) is 12.9. The summed E-state index contributed by atoms with van der Waals surface area (Å²) in [6.07, 6.45) is 2.56. The van der Waals surface area contributed by atoms with Crippen molar-refractivity contribution in [1.82, 2.24) is 10.3 Å². The van der Waals surface area contributed by atoms with Crippen LogP contribution in [-0.4, -0.2) is 24.5 Å². The van der Waals surface area contributed by atoms with Gasteiger partial charge in [-0.3, -0.25) is 4.79 Å². The summed E-state index contributed by atoms with van der Waals surface area (Å²) in [4.78, 5) is 15.7. The Morgan fingerprint density at radius 3 is 2.48 bits per heavy atom. The first-order valence-corrected chi connectivity index (χ1v) is 9.34. The average Bonchev–Trinajstić information content (AvgIpc) is 3.05. The van der Waals surface area contributed by atoms with Gasteiger partial charge in [0, 0.05) is 36.0 Å². The molecular formula is C23H28N2O2. The molecule has 1 atom stereocenters. The molecule has 4 heteroatoms. The van der Waals surface area contributed by atoms with Crippen molar-refractivity contribution < 1.29 is 9.53 Å². The first-order valence-electron chi connectivity index (χ1n) is 9.34. The maximum Gasteiger partial charge on any atom is 0.220 e. The van der Waals surface area contributed by atoms with Crippen LogP contribution >= 0.6 is 0 Å². The van der Waals surface area contributed by atoms with Crippen LogP contribution in [0, 0.1) is 5.41 Å². The van der Waals surface area contributed by atoms with Crippen LogP contribution in [-0.2, 0) is 4.79 Å². The number of para-hydroxylation sites is 1. The second-order valence-electron chi connectivity index (χ2n) is 8.16. The zero-order valence-electron chi connectivity index (χ0n) is 16.5. The Kier molecular flexibility index (Phi) is 5.54. The fourth-order valence-corrected chi connectivity index (χ4v) is 3.39. The SMILES string of the molecule is COc1ccc([C@@H](CNC(=O)CC(C)(C)C)c2c[nH]c3ccccc23)cc1. The molecule has 3 aromatic rings. The summed E-state index contributed by atoms with van der Waals surface area (Å²) < 4.78 is 5.29. The molecule has 1 aromatic heterocycles. The number of carbonyl (C=O) groups excluding carboxylic acids is 1. The molecule has 0 bridgehead atoms. The monoisotopic (exact) mass is 364 g/mol. The highest BCUT2D eigenvalue weighted by Gasteiger charge is 2.21. The maximum atomic E-state index is 12.4. The van der Waals surface area contributed by atoms with E-state index in [9.17, 15) is 4.79 Å². The number of aromatic amines is 1. The van der Waals surface area contributed by atoms with Crippen molar-refractivity contribution in [3.63, 3.8) is 0 Å². The number of ether oxygens (including phenoxy) is 1. The molecule has 0 aliphatic carbocycles. The Labute approximate surface area is 160 Å². The Bertz CT molecular complexity index is 904. The molecular weight excluding hydrogens is 336 g/mol. The average molecular weight is 364 g/mol. The molecule has 1 heterocycles.